The van der Waals surface area contributed by atoms with Crippen LogP contribution in [-0.2, 0) is 10.2 Å². The Morgan fingerprint density at radius 2 is 1.23 bits per heavy atom. The highest BCUT2D eigenvalue weighted by Gasteiger charge is 2.58. The number of nitrogens with one attached hydrogen (secondary N) is 3. The maximum Gasteiger partial charge on any atom is 0.209 e. The summed E-state index contributed by atoms with van der Waals surface area (Å²) in [6.07, 6.45) is 3.88. The molecule has 2 fully saturated rings. The second-order valence-electron chi connectivity index (χ2n) is 10.6. The summed E-state index contributed by atoms with van der Waals surface area (Å²) in [7, 11) is 0. The Labute approximate surface area is 229 Å². The maximum atomic E-state index is 12.2. The molecule has 39 heavy (non-hydrogen) atoms. The molecule has 6 rings (SSSR count). The predicted molar refractivity (Wildman–Crippen MR) is 155 cm³/mol. The fraction of sp³-hybridized carbons (Fsp3) is 0.281. The highest BCUT2D eigenvalue weighted by molar-refractivity contribution is 5.59. The number of pyridine rings is 2. The molecule has 1 spiro atoms. The maximum absolute atomic E-state index is 12.2. The first-order valence-electron chi connectivity index (χ1n) is 13.7. The minimum absolute atomic E-state index is 0.0888. The number of amides is 1. The zero-order chi connectivity index (χ0) is 26.5. The molecule has 2 saturated heterocycles. The smallest absolute Gasteiger partial charge is 0.209 e. The molecular weight excluding hydrogens is 484 g/mol. The van der Waals surface area contributed by atoms with Crippen LogP contribution in [0.2, 0.25) is 0 Å². The average molecular weight is 519 g/mol. The second kappa shape index (κ2) is 10.9. The molecular formula is C32H34N6O. The first-order valence-corrected chi connectivity index (χ1v) is 13.7. The van der Waals surface area contributed by atoms with E-state index in [1.54, 1.807) is 0 Å². The Morgan fingerprint density at radius 1 is 0.692 bits per heavy atom. The number of nitrogens with zero attached hydrogens (tertiary/aromatic N) is 3. The second-order valence-corrected chi connectivity index (χ2v) is 10.6. The number of para-hydroxylation sites is 2. The van der Waals surface area contributed by atoms with Gasteiger partial charge in [-0.05, 0) is 86.3 Å². The first-order chi connectivity index (χ1) is 19.2. The van der Waals surface area contributed by atoms with Crippen molar-refractivity contribution in [1.29, 1.82) is 0 Å². The van der Waals surface area contributed by atoms with Gasteiger partial charge in [-0.1, -0.05) is 48.5 Å². The number of likely N-dealkylation sites (tertiary alicyclic amines) is 1. The normalized spacial score (nSPS) is 17.9. The lowest BCUT2D eigenvalue weighted by Crippen LogP contribution is -2.62. The van der Waals surface area contributed by atoms with E-state index in [1.807, 2.05) is 77.7 Å². The van der Waals surface area contributed by atoms with E-state index < -0.39 is 5.41 Å². The molecule has 0 radical (unpaired) electrons. The van der Waals surface area contributed by atoms with Crippen molar-refractivity contribution < 1.29 is 4.79 Å². The Hall–Kier alpha value is -4.23. The molecule has 1 amide bonds. The standard InChI is InChI=1S/C32H34N6O/c39-24-38-22-19-31(17-20-33-21-18-31)32(23-38,27-13-7-15-29(36-27)34-25-9-3-1-4-10-25)28-14-8-16-30(37-28)35-26-11-5-2-6-12-26/h1-16,24,33H,17-23H2,(H,34,36)(H,35,37). The number of carbonyl (C=O) groups excluding carboxylic acids is 1. The van der Waals surface area contributed by atoms with E-state index in [-0.39, 0.29) is 5.41 Å². The monoisotopic (exact) mass is 518 g/mol. The van der Waals surface area contributed by atoms with Crippen LogP contribution in [0, 0.1) is 5.41 Å². The molecule has 2 aliphatic heterocycles. The van der Waals surface area contributed by atoms with E-state index in [2.05, 4.69) is 40.2 Å². The summed E-state index contributed by atoms with van der Waals surface area (Å²) in [5.41, 5.74) is 3.20. The fourth-order valence-corrected chi connectivity index (χ4v) is 6.45. The number of piperidine rings is 2. The van der Waals surface area contributed by atoms with Crippen LogP contribution in [0.3, 0.4) is 0 Å². The van der Waals surface area contributed by atoms with Gasteiger partial charge in [-0.15, -0.1) is 0 Å². The quantitative estimate of drug-likeness (QED) is 0.281. The van der Waals surface area contributed by atoms with Crippen molar-refractivity contribution in [2.45, 2.75) is 24.7 Å². The molecule has 2 aromatic heterocycles. The zero-order valence-corrected chi connectivity index (χ0v) is 22.0. The van der Waals surface area contributed by atoms with E-state index >= 15 is 0 Å². The third-order valence-electron chi connectivity index (χ3n) is 8.40. The number of benzene rings is 2. The first kappa shape index (κ1) is 25.1. The summed E-state index contributed by atoms with van der Waals surface area (Å²) in [6, 6.07) is 32.6. The van der Waals surface area contributed by atoms with Gasteiger partial charge in [0.1, 0.15) is 11.6 Å². The molecule has 7 heteroatoms. The summed E-state index contributed by atoms with van der Waals surface area (Å²) in [5.74, 6) is 1.56. The minimum Gasteiger partial charge on any atom is -0.344 e. The summed E-state index contributed by atoms with van der Waals surface area (Å²) in [5, 5.41) is 10.5. The third kappa shape index (κ3) is 4.86. The number of hydrogen-bond acceptors (Lipinski definition) is 6. The topological polar surface area (TPSA) is 82.2 Å². The predicted octanol–water partition coefficient (Wildman–Crippen LogP) is 5.48. The van der Waals surface area contributed by atoms with Crippen LogP contribution in [0.25, 0.3) is 0 Å². The average Bonchev–Trinajstić information content (AvgIpc) is 2.99. The van der Waals surface area contributed by atoms with Crippen molar-refractivity contribution in [1.82, 2.24) is 20.2 Å². The summed E-state index contributed by atoms with van der Waals surface area (Å²) in [4.78, 5) is 24.6. The van der Waals surface area contributed by atoms with Gasteiger partial charge in [0.25, 0.3) is 0 Å². The van der Waals surface area contributed by atoms with Gasteiger partial charge in [0.15, 0.2) is 0 Å². The molecule has 3 N–H and O–H groups in total. The SMILES string of the molecule is O=CN1CCC2(CCNCC2)C(c2cccc(Nc3ccccc3)n2)(c2cccc(Nc3ccccc3)n2)C1. The minimum atomic E-state index is -0.572. The zero-order valence-electron chi connectivity index (χ0n) is 22.0. The van der Waals surface area contributed by atoms with E-state index in [0.717, 1.165) is 79.7 Å². The molecule has 7 nitrogen and oxygen atoms in total. The van der Waals surface area contributed by atoms with Crippen LogP contribution >= 0.6 is 0 Å². The van der Waals surface area contributed by atoms with Gasteiger partial charge in [0.05, 0.1) is 16.8 Å². The van der Waals surface area contributed by atoms with Gasteiger partial charge in [-0.3, -0.25) is 4.79 Å². The lowest BCUT2D eigenvalue weighted by molar-refractivity contribution is -0.123. The Kier molecular flexibility index (Phi) is 6.99. The van der Waals surface area contributed by atoms with Gasteiger partial charge in [0.2, 0.25) is 6.41 Å². The van der Waals surface area contributed by atoms with E-state index in [9.17, 15) is 4.79 Å². The van der Waals surface area contributed by atoms with Crippen molar-refractivity contribution in [3.63, 3.8) is 0 Å². The Bertz CT molecular complexity index is 1320. The van der Waals surface area contributed by atoms with Gasteiger partial charge >= 0.3 is 0 Å². The number of hydrogen-bond donors (Lipinski definition) is 3. The number of aromatic nitrogens is 2. The molecule has 4 heterocycles. The van der Waals surface area contributed by atoms with Gasteiger partial charge in [-0.2, -0.15) is 0 Å². The van der Waals surface area contributed by atoms with Crippen LogP contribution in [0.15, 0.2) is 97.1 Å². The third-order valence-corrected chi connectivity index (χ3v) is 8.40. The summed E-state index contributed by atoms with van der Waals surface area (Å²) < 4.78 is 0. The van der Waals surface area contributed by atoms with Crippen molar-refractivity contribution in [2.24, 2.45) is 5.41 Å². The lowest BCUT2D eigenvalue weighted by Gasteiger charge is -2.57. The van der Waals surface area contributed by atoms with Crippen molar-refractivity contribution in [2.75, 3.05) is 36.8 Å². The van der Waals surface area contributed by atoms with E-state index in [0.29, 0.717) is 6.54 Å². The Balaban J connectivity index is 1.50. The van der Waals surface area contributed by atoms with Crippen LogP contribution in [-0.4, -0.2) is 47.5 Å². The lowest BCUT2D eigenvalue weighted by atomic mass is 9.52. The number of carbonyl (C=O) groups is 1. The van der Waals surface area contributed by atoms with Crippen LogP contribution in [0.5, 0.6) is 0 Å². The number of anilines is 4. The van der Waals surface area contributed by atoms with Crippen molar-refractivity contribution >= 4 is 29.4 Å². The largest absolute Gasteiger partial charge is 0.344 e. The highest BCUT2D eigenvalue weighted by atomic mass is 16.1. The fourth-order valence-electron chi connectivity index (χ4n) is 6.45. The molecule has 0 saturated carbocycles. The molecule has 2 aliphatic rings. The molecule has 0 bridgehead atoms. The van der Waals surface area contributed by atoms with Crippen LogP contribution in [0.1, 0.15) is 30.7 Å². The van der Waals surface area contributed by atoms with Crippen LogP contribution < -0.4 is 16.0 Å². The molecule has 198 valence electrons. The summed E-state index contributed by atoms with van der Waals surface area (Å²) >= 11 is 0. The summed E-state index contributed by atoms with van der Waals surface area (Å²) in [6.45, 7) is 3.16. The highest BCUT2D eigenvalue weighted by Crippen LogP contribution is 2.56. The van der Waals surface area contributed by atoms with E-state index in [4.69, 9.17) is 9.97 Å². The van der Waals surface area contributed by atoms with Crippen LogP contribution in [0.4, 0.5) is 23.0 Å². The molecule has 0 atom stereocenters. The number of rotatable bonds is 7. The molecule has 4 aromatic rings. The van der Waals surface area contributed by atoms with Crippen molar-refractivity contribution in [3.05, 3.63) is 108 Å². The Morgan fingerprint density at radius 3 is 1.74 bits per heavy atom. The molecule has 2 aromatic carbocycles. The van der Waals surface area contributed by atoms with E-state index in [1.165, 1.54) is 0 Å². The van der Waals surface area contributed by atoms with Gasteiger partial charge in [-0.25, -0.2) is 9.97 Å². The molecule has 0 unspecified atom stereocenters. The van der Waals surface area contributed by atoms with Gasteiger partial charge < -0.3 is 20.9 Å². The van der Waals surface area contributed by atoms with Crippen molar-refractivity contribution in [3.8, 4) is 0 Å². The molecule has 0 aliphatic carbocycles. The van der Waals surface area contributed by atoms with Gasteiger partial charge in [0, 0.05) is 24.5 Å².